The number of likely N-dealkylation sites (N-methyl/N-ethyl adjacent to an activating group) is 1. The Balaban J connectivity index is 2.34. The van der Waals surface area contributed by atoms with Gasteiger partial charge in [0.1, 0.15) is 0 Å². The zero-order valence-corrected chi connectivity index (χ0v) is 9.60. The molecule has 14 heavy (non-hydrogen) atoms. The molecule has 1 rings (SSSR count). The van der Waals surface area contributed by atoms with E-state index in [1.807, 2.05) is 7.05 Å². The minimum absolute atomic E-state index is 0.00181. The largest absolute Gasteiger partial charge is 0.373 e. The van der Waals surface area contributed by atoms with Gasteiger partial charge in [0.2, 0.25) is 0 Å². The lowest BCUT2D eigenvalue weighted by molar-refractivity contribution is -0.0835. The van der Waals surface area contributed by atoms with Crippen molar-refractivity contribution in [1.82, 2.24) is 10.2 Å². The Bertz CT molecular complexity index is 201. The molecule has 0 amide bonds. The van der Waals surface area contributed by atoms with Crippen LogP contribution in [0.15, 0.2) is 12.2 Å². The van der Waals surface area contributed by atoms with Crippen molar-refractivity contribution in [2.24, 2.45) is 0 Å². The molecule has 0 unspecified atom stereocenters. The Morgan fingerprint density at radius 3 is 2.86 bits per heavy atom. The summed E-state index contributed by atoms with van der Waals surface area (Å²) < 4.78 is 5.65. The van der Waals surface area contributed by atoms with Crippen LogP contribution >= 0.6 is 0 Å². The first-order valence-corrected chi connectivity index (χ1v) is 5.21. The normalized spacial score (nSPS) is 22.2. The van der Waals surface area contributed by atoms with Crippen LogP contribution in [-0.2, 0) is 4.74 Å². The Labute approximate surface area is 87.1 Å². The van der Waals surface area contributed by atoms with Gasteiger partial charge in [0, 0.05) is 26.2 Å². The van der Waals surface area contributed by atoms with Crippen molar-refractivity contribution in [3.63, 3.8) is 0 Å². The van der Waals surface area contributed by atoms with E-state index < -0.39 is 0 Å². The number of rotatable bonds is 4. The number of nitrogens with zero attached hydrogens (tertiary/aromatic N) is 1. The first-order valence-electron chi connectivity index (χ1n) is 5.21. The molecule has 0 atom stereocenters. The van der Waals surface area contributed by atoms with Crippen molar-refractivity contribution in [3.8, 4) is 0 Å². The molecule has 1 aliphatic heterocycles. The van der Waals surface area contributed by atoms with Crippen LogP contribution in [0.5, 0.6) is 0 Å². The van der Waals surface area contributed by atoms with Crippen LogP contribution in [0.2, 0.25) is 0 Å². The van der Waals surface area contributed by atoms with Gasteiger partial charge < -0.3 is 10.1 Å². The van der Waals surface area contributed by atoms with Crippen LogP contribution in [0, 0.1) is 0 Å². The third-order valence-electron chi connectivity index (χ3n) is 2.38. The van der Waals surface area contributed by atoms with Gasteiger partial charge in [-0.05, 0) is 26.5 Å². The Morgan fingerprint density at radius 1 is 1.57 bits per heavy atom. The van der Waals surface area contributed by atoms with Crippen LogP contribution in [0.25, 0.3) is 0 Å². The Morgan fingerprint density at radius 2 is 2.29 bits per heavy atom. The van der Waals surface area contributed by atoms with E-state index in [2.05, 4.69) is 30.6 Å². The van der Waals surface area contributed by atoms with Crippen molar-refractivity contribution < 1.29 is 4.74 Å². The van der Waals surface area contributed by atoms with E-state index in [0.29, 0.717) is 0 Å². The summed E-state index contributed by atoms with van der Waals surface area (Å²) in [5.74, 6) is 0. The smallest absolute Gasteiger partial charge is 0.0753 e. The van der Waals surface area contributed by atoms with E-state index in [9.17, 15) is 0 Å². The summed E-state index contributed by atoms with van der Waals surface area (Å²) >= 11 is 0. The van der Waals surface area contributed by atoms with Gasteiger partial charge in [-0.3, -0.25) is 4.90 Å². The first-order chi connectivity index (χ1) is 6.53. The van der Waals surface area contributed by atoms with Crippen molar-refractivity contribution in [3.05, 3.63) is 12.2 Å². The third kappa shape index (κ3) is 3.78. The summed E-state index contributed by atoms with van der Waals surface area (Å²) in [7, 11) is 1.95. The maximum Gasteiger partial charge on any atom is 0.0753 e. The van der Waals surface area contributed by atoms with Gasteiger partial charge in [0.25, 0.3) is 0 Å². The lowest BCUT2D eigenvalue weighted by Crippen LogP contribution is -2.49. The average molecular weight is 198 g/mol. The van der Waals surface area contributed by atoms with E-state index >= 15 is 0 Å². The molecule has 3 heteroatoms. The number of nitrogens with one attached hydrogen (secondary N) is 1. The van der Waals surface area contributed by atoms with Gasteiger partial charge >= 0.3 is 0 Å². The molecule has 82 valence electrons. The predicted molar refractivity (Wildman–Crippen MR) is 59.5 cm³/mol. The van der Waals surface area contributed by atoms with Crippen LogP contribution in [-0.4, -0.2) is 50.3 Å². The van der Waals surface area contributed by atoms with Crippen LogP contribution < -0.4 is 5.32 Å². The van der Waals surface area contributed by atoms with Gasteiger partial charge in [0.05, 0.1) is 12.2 Å². The zero-order chi connectivity index (χ0) is 10.6. The quantitative estimate of drug-likeness (QED) is 0.678. The maximum absolute atomic E-state index is 5.65. The van der Waals surface area contributed by atoms with Gasteiger partial charge in [-0.25, -0.2) is 0 Å². The molecule has 1 N–H and O–H groups in total. The molecule has 1 heterocycles. The Hall–Kier alpha value is -0.380. The fourth-order valence-corrected chi connectivity index (χ4v) is 1.87. The van der Waals surface area contributed by atoms with E-state index in [-0.39, 0.29) is 5.60 Å². The second-order valence-corrected chi connectivity index (χ2v) is 4.60. The van der Waals surface area contributed by atoms with Gasteiger partial charge in [0.15, 0.2) is 0 Å². The number of morpholine rings is 1. The zero-order valence-electron chi connectivity index (χ0n) is 9.60. The van der Waals surface area contributed by atoms with Crippen LogP contribution in [0.4, 0.5) is 0 Å². The summed E-state index contributed by atoms with van der Waals surface area (Å²) in [5.41, 5.74) is 1.24. The second-order valence-electron chi connectivity index (χ2n) is 4.60. The molecule has 0 aromatic carbocycles. The summed E-state index contributed by atoms with van der Waals surface area (Å²) in [5, 5.41) is 3.12. The van der Waals surface area contributed by atoms with E-state index in [1.54, 1.807) is 0 Å². The molecule has 0 aliphatic carbocycles. The van der Waals surface area contributed by atoms with Gasteiger partial charge in [-0.15, -0.1) is 0 Å². The van der Waals surface area contributed by atoms with Gasteiger partial charge in [-0.1, -0.05) is 6.58 Å². The molecule has 0 aromatic rings. The lowest BCUT2D eigenvalue weighted by atomic mass is 10.1. The van der Waals surface area contributed by atoms with E-state index in [0.717, 1.165) is 32.8 Å². The molecule has 0 spiro atoms. The first kappa shape index (κ1) is 11.7. The molecule has 0 saturated carbocycles. The van der Waals surface area contributed by atoms with Crippen molar-refractivity contribution in [1.29, 1.82) is 0 Å². The van der Waals surface area contributed by atoms with Crippen LogP contribution in [0.3, 0.4) is 0 Å². The highest BCUT2D eigenvalue weighted by Crippen LogP contribution is 2.16. The number of ether oxygens (including phenoxy) is 1. The monoisotopic (exact) mass is 198 g/mol. The van der Waals surface area contributed by atoms with Crippen molar-refractivity contribution in [2.45, 2.75) is 19.4 Å². The highest BCUT2D eigenvalue weighted by atomic mass is 16.5. The molecular formula is C11H22N2O. The number of hydrogen-bond acceptors (Lipinski definition) is 3. The molecule has 0 radical (unpaired) electrons. The molecule has 0 aromatic heterocycles. The molecule has 0 bridgehead atoms. The maximum atomic E-state index is 5.65. The summed E-state index contributed by atoms with van der Waals surface area (Å²) in [4.78, 5) is 2.41. The minimum Gasteiger partial charge on any atom is -0.373 e. The summed E-state index contributed by atoms with van der Waals surface area (Å²) in [6, 6.07) is 0. The Kier molecular flexibility index (Phi) is 4.11. The molecular weight excluding hydrogens is 176 g/mol. The molecule has 1 saturated heterocycles. The van der Waals surface area contributed by atoms with E-state index in [4.69, 9.17) is 4.74 Å². The molecule has 1 fully saturated rings. The van der Waals surface area contributed by atoms with E-state index in [1.165, 1.54) is 5.57 Å². The van der Waals surface area contributed by atoms with Crippen LogP contribution in [0.1, 0.15) is 13.8 Å². The van der Waals surface area contributed by atoms with Crippen molar-refractivity contribution in [2.75, 3.05) is 39.8 Å². The molecule has 3 nitrogen and oxygen atoms in total. The average Bonchev–Trinajstić information content (AvgIpc) is 2.02. The predicted octanol–water partition coefficient (Wildman–Crippen LogP) is 0.873. The fraction of sp³-hybridized carbons (Fsp3) is 0.818. The summed E-state index contributed by atoms with van der Waals surface area (Å²) in [6.07, 6.45) is 0. The van der Waals surface area contributed by atoms with Crippen molar-refractivity contribution >= 4 is 0 Å². The SMILES string of the molecule is C=C(CNC)CN1CCOC(C)(C)C1. The standard InChI is InChI=1S/C11H22N2O/c1-10(7-12-4)8-13-5-6-14-11(2,3)9-13/h12H,1,5-9H2,2-4H3. The lowest BCUT2D eigenvalue weighted by Gasteiger charge is -2.38. The van der Waals surface area contributed by atoms with Gasteiger partial charge in [-0.2, -0.15) is 0 Å². The third-order valence-corrected chi connectivity index (χ3v) is 2.38. The highest BCUT2D eigenvalue weighted by molar-refractivity contribution is 5.00. The highest BCUT2D eigenvalue weighted by Gasteiger charge is 2.26. The second kappa shape index (κ2) is 4.91. The molecule has 1 aliphatic rings. The topological polar surface area (TPSA) is 24.5 Å². The summed E-state index contributed by atoms with van der Waals surface area (Å²) in [6.45, 7) is 13.0. The number of hydrogen-bond donors (Lipinski definition) is 1. The fourth-order valence-electron chi connectivity index (χ4n) is 1.87. The minimum atomic E-state index is -0.00181.